The van der Waals surface area contributed by atoms with Gasteiger partial charge in [-0.1, -0.05) is 0 Å². The lowest BCUT2D eigenvalue weighted by atomic mass is 9.95. The van der Waals surface area contributed by atoms with Gasteiger partial charge in [0.1, 0.15) is 13.2 Å². The monoisotopic (exact) mass is 340 g/mol. The summed E-state index contributed by atoms with van der Waals surface area (Å²) in [5.74, 6) is 1.44. The first-order valence-corrected chi connectivity index (χ1v) is 8.47. The quantitative estimate of drug-likeness (QED) is 0.920. The molecule has 130 valence electrons. The number of benzene rings is 1. The van der Waals surface area contributed by atoms with Crippen LogP contribution in [0.4, 0.5) is 0 Å². The van der Waals surface area contributed by atoms with Gasteiger partial charge in [-0.15, -0.1) is 0 Å². The predicted octanol–water partition coefficient (Wildman–Crippen LogP) is 1.84. The van der Waals surface area contributed by atoms with Gasteiger partial charge >= 0.3 is 0 Å². The number of amides is 1. The lowest BCUT2D eigenvalue weighted by molar-refractivity contribution is 0.0924. The van der Waals surface area contributed by atoms with E-state index in [1.165, 1.54) is 5.56 Å². The normalized spacial score (nSPS) is 21.8. The number of aromatic nitrogens is 1. The van der Waals surface area contributed by atoms with Gasteiger partial charge in [-0.25, -0.2) is 0 Å². The maximum absolute atomic E-state index is 12.6. The van der Waals surface area contributed by atoms with Crippen LogP contribution in [0.25, 0.3) is 0 Å². The molecule has 0 radical (unpaired) electrons. The number of fused-ring (bicyclic) bond motifs is 1. The largest absolute Gasteiger partial charge is 0.486 e. The molecule has 6 nitrogen and oxygen atoms in total. The molecule has 1 amide bonds. The number of hydrogen-bond donors (Lipinski definition) is 1. The maximum Gasteiger partial charge on any atom is 0.251 e. The van der Waals surface area contributed by atoms with Crippen molar-refractivity contribution < 1.29 is 19.0 Å². The lowest BCUT2D eigenvalue weighted by Gasteiger charge is -2.21. The van der Waals surface area contributed by atoms with E-state index in [1.807, 2.05) is 12.1 Å². The van der Waals surface area contributed by atoms with Crippen molar-refractivity contribution in [3.63, 3.8) is 0 Å². The Morgan fingerprint density at radius 1 is 1.08 bits per heavy atom. The van der Waals surface area contributed by atoms with Crippen LogP contribution in [0.2, 0.25) is 0 Å². The minimum atomic E-state index is -0.118. The van der Waals surface area contributed by atoms with Crippen LogP contribution in [0.15, 0.2) is 42.7 Å². The standard InChI is InChI=1S/C19H20N2O4/c22-19(14-1-2-17-18(10-14)25-8-7-24-17)21-16-12-23-11-15(16)9-13-3-5-20-6-4-13/h1-6,10,15-16H,7-9,11-12H2,(H,21,22). The van der Waals surface area contributed by atoms with Gasteiger partial charge in [-0.3, -0.25) is 9.78 Å². The third kappa shape index (κ3) is 3.58. The molecule has 0 saturated carbocycles. The molecule has 1 fully saturated rings. The van der Waals surface area contributed by atoms with Crippen molar-refractivity contribution in [3.8, 4) is 11.5 Å². The highest BCUT2D eigenvalue weighted by atomic mass is 16.6. The molecule has 1 aromatic heterocycles. The minimum absolute atomic E-state index is 0.00568. The van der Waals surface area contributed by atoms with Crippen LogP contribution in [0.3, 0.4) is 0 Å². The molecule has 2 aromatic rings. The van der Waals surface area contributed by atoms with E-state index in [4.69, 9.17) is 14.2 Å². The van der Waals surface area contributed by atoms with Crippen LogP contribution < -0.4 is 14.8 Å². The average molecular weight is 340 g/mol. The SMILES string of the molecule is O=C(NC1COCC1Cc1ccncc1)c1ccc2c(c1)OCCO2. The number of rotatable bonds is 4. The Morgan fingerprint density at radius 2 is 1.88 bits per heavy atom. The molecule has 6 heteroatoms. The summed E-state index contributed by atoms with van der Waals surface area (Å²) >= 11 is 0. The van der Waals surface area contributed by atoms with Crippen molar-refractivity contribution in [3.05, 3.63) is 53.9 Å². The first-order chi connectivity index (χ1) is 12.3. The molecular formula is C19H20N2O4. The third-order valence-electron chi connectivity index (χ3n) is 4.57. The van der Waals surface area contributed by atoms with Crippen molar-refractivity contribution >= 4 is 5.91 Å². The fourth-order valence-corrected chi connectivity index (χ4v) is 3.22. The Bertz CT molecular complexity index is 750. The van der Waals surface area contributed by atoms with E-state index in [1.54, 1.807) is 30.6 Å². The van der Waals surface area contributed by atoms with Crippen molar-refractivity contribution in [2.24, 2.45) is 5.92 Å². The Balaban J connectivity index is 1.43. The number of pyridine rings is 1. The van der Waals surface area contributed by atoms with Crippen LogP contribution in [0.1, 0.15) is 15.9 Å². The number of hydrogen-bond acceptors (Lipinski definition) is 5. The maximum atomic E-state index is 12.6. The summed E-state index contributed by atoms with van der Waals surface area (Å²) in [6, 6.07) is 9.27. The Morgan fingerprint density at radius 3 is 2.72 bits per heavy atom. The second-order valence-corrected chi connectivity index (χ2v) is 6.30. The van der Waals surface area contributed by atoms with E-state index in [9.17, 15) is 4.79 Å². The van der Waals surface area contributed by atoms with Gasteiger partial charge in [0.25, 0.3) is 5.91 Å². The summed E-state index contributed by atoms with van der Waals surface area (Å²) in [4.78, 5) is 16.7. The summed E-state index contributed by atoms with van der Waals surface area (Å²) in [5, 5.41) is 3.10. The Kier molecular flexibility index (Phi) is 4.52. The predicted molar refractivity (Wildman–Crippen MR) is 90.9 cm³/mol. The Hall–Kier alpha value is -2.60. The molecule has 1 aromatic carbocycles. The summed E-state index contributed by atoms with van der Waals surface area (Å²) in [6.07, 6.45) is 4.43. The highest BCUT2D eigenvalue weighted by Gasteiger charge is 2.30. The van der Waals surface area contributed by atoms with E-state index < -0.39 is 0 Å². The molecule has 0 spiro atoms. The van der Waals surface area contributed by atoms with Gasteiger partial charge in [-0.2, -0.15) is 0 Å². The molecule has 0 aliphatic carbocycles. The zero-order chi connectivity index (χ0) is 17.1. The van der Waals surface area contributed by atoms with Crippen LogP contribution in [-0.2, 0) is 11.2 Å². The lowest BCUT2D eigenvalue weighted by Crippen LogP contribution is -2.40. The molecule has 2 aliphatic heterocycles. The molecule has 1 N–H and O–H groups in total. The first-order valence-electron chi connectivity index (χ1n) is 8.47. The van der Waals surface area contributed by atoms with Gasteiger partial charge < -0.3 is 19.5 Å². The van der Waals surface area contributed by atoms with Crippen molar-refractivity contribution in [1.82, 2.24) is 10.3 Å². The number of carbonyl (C=O) groups is 1. The molecule has 2 atom stereocenters. The zero-order valence-electron chi connectivity index (χ0n) is 13.8. The zero-order valence-corrected chi connectivity index (χ0v) is 13.8. The molecular weight excluding hydrogens is 320 g/mol. The van der Waals surface area contributed by atoms with Crippen molar-refractivity contribution in [2.45, 2.75) is 12.5 Å². The summed E-state index contributed by atoms with van der Waals surface area (Å²) in [7, 11) is 0. The van der Waals surface area contributed by atoms with Gasteiger partial charge in [0.15, 0.2) is 11.5 Å². The first kappa shape index (κ1) is 15.9. The second kappa shape index (κ2) is 7.11. The van der Waals surface area contributed by atoms with Crippen molar-refractivity contribution in [1.29, 1.82) is 0 Å². The molecule has 2 aliphatic rings. The molecule has 2 unspecified atom stereocenters. The van der Waals surface area contributed by atoms with Crippen LogP contribution in [0.5, 0.6) is 11.5 Å². The number of nitrogens with zero attached hydrogens (tertiary/aromatic N) is 1. The summed E-state index contributed by atoms with van der Waals surface area (Å²) < 4.78 is 16.6. The topological polar surface area (TPSA) is 69.7 Å². The van der Waals surface area contributed by atoms with E-state index in [0.717, 1.165) is 6.42 Å². The van der Waals surface area contributed by atoms with Gasteiger partial charge in [0.2, 0.25) is 0 Å². The van der Waals surface area contributed by atoms with Gasteiger partial charge in [0.05, 0.1) is 19.3 Å². The number of nitrogens with one attached hydrogen (secondary N) is 1. The average Bonchev–Trinajstić information content (AvgIpc) is 3.08. The fourth-order valence-electron chi connectivity index (χ4n) is 3.22. The van der Waals surface area contributed by atoms with E-state index >= 15 is 0 Å². The highest BCUT2D eigenvalue weighted by molar-refractivity contribution is 5.95. The minimum Gasteiger partial charge on any atom is -0.486 e. The van der Waals surface area contributed by atoms with Crippen LogP contribution in [-0.4, -0.2) is 43.4 Å². The Labute approximate surface area is 146 Å². The molecule has 3 heterocycles. The van der Waals surface area contributed by atoms with E-state index in [0.29, 0.717) is 43.5 Å². The highest BCUT2D eigenvalue weighted by Crippen LogP contribution is 2.31. The van der Waals surface area contributed by atoms with Crippen LogP contribution in [0, 0.1) is 5.92 Å². The molecule has 0 bridgehead atoms. The van der Waals surface area contributed by atoms with Crippen LogP contribution >= 0.6 is 0 Å². The van der Waals surface area contributed by atoms with E-state index in [-0.39, 0.29) is 17.9 Å². The smallest absolute Gasteiger partial charge is 0.251 e. The second-order valence-electron chi connectivity index (χ2n) is 6.30. The molecule has 25 heavy (non-hydrogen) atoms. The fraction of sp³-hybridized carbons (Fsp3) is 0.368. The number of carbonyl (C=O) groups excluding carboxylic acids is 1. The summed E-state index contributed by atoms with van der Waals surface area (Å²) in [6.45, 7) is 2.22. The number of ether oxygens (including phenoxy) is 3. The van der Waals surface area contributed by atoms with E-state index in [2.05, 4.69) is 10.3 Å². The third-order valence-corrected chi connectivity index (χ3v) is 4.57. The molecule has 4 rings (SSSR count). The van der Waals surface area contributed by atoms with Gasteiger partial charge in [0, 0.05) is 23.9 Å². The van der Waals surface area contributed by atoms with Gasteiger partial charge in [-0.05, 0) is 42.3 Å². The van der Waals surface area contributed by atoms with Crippen molar-refractivity contribution in [2.75, 3.05) is 26.4 Å². The summed E-state index contributed by atoms with van der Waals surface area (Å²) in [5.41, 5.74) is 1.77. The molecule has 1 saturated heterocycles.